The summed E-state index contributed by atoms with van der Waals surface area (Å²) >= 11 is 0. The normalized spacial score (nSPS) is 21.6. The summed E-state index contributed by atoms with van der Waals surface area (Å²) in [6.45, 7) is 0. The van der Waals surface area contributed by atoms with Crippen LogP contribution >= 0.6 is 0 Å². The van der Waals surface area contributed by atoms with Crippen molar-refractivity contribution in [1.29, 1.82) is 0 Å². The highest BCUT2D eigenvalue weighted by atomic mass is 32.2. The lowest BCUT2D eigenvalue weighted by Gasteiger charge is -2.28. The average Bonchev–Trinajstić information content (AvgIpc) is 2.74. The summed E-state index contributed by atoms with van der Waals surface area (Å²) in [4.78, 5) is 8.21. The summed E-state index contributed by atoms with van der Waals surface area (Å²) in [6, 6.07) is 4.57. The molecule has 7 nitrogen and oxygen atoms in total. The van der Waals surface area contributed by atoms with Crippen molar-refractivity contribution in [3.05, 3.63) is 65.1 Å². The summed E-state index contributed by atoms with van der Waals surface area (Å²) in [5.41, 5.74) is 6.63. The fraction of sp³-hybridized carbons (Fsp3) is 0.333. The van der Waals surface area contributed by atoms with Crippen LogP contribution in [0, 0.1) is 5.82 Å². The maximum Gasteiger partial charge on any atom is 0.178 e. The van der Waals surface area contributed by atoms with Crippen molar-refractivity contribution in [2.24, 2.45) is 0 Å². The van der Waals surface area contributed by atoms with E-state index in [4.69, 9.17) is 5.73 Å². The van der Waals surface area contributed by atoms with Gasteiger partial charge >= 0.3 is 0 Å². The summed E-state index contributed by atoms with van der Waals surface area (Å²) in [5.74, 6) is -1.10. The van der Waals surface area contributed by atoms with Crippen molar-refractivity contribution < 1.29 is 21.2 Å². The second-order valence-corrected chi connectivity index (χ2v) is 12.3. The number of nitrogens with two attached hydrogens (primary N) is 1. The molecular formula is C21H22FN3O4S2. The number of sulfone groups is 2. The zero-order valence-corrected chi connectivity index (χ0v) is 18.2. The Labute approximate surface area is 180 Å². The second-order valence-electron chi connectivity index (χ2n) is 7.75. The van der Waals surface area contributed by atoms with Crippen LogP contribution in [-0.2, 0) is 19.7 Å². The Morgan fingerprint density at radius 1 is 1.10 bits per heavy atom. The molecule has 2 aromatic rings. The zero-order valence-electron chi connectivity index (χ0n) is 16.6. The van der Waals surface area contributed by atoms with Gasteiger partial charge in [0.15, 0.2) is 9.84 Å². The number of nitrogen functional groups attached to an aromatic ring is 1. The van der Waals surface area contributed by atoms with Gasteiger partial charge in [-0.3, -0.25) is 4.98 Å². The monoisotopic (exact) mass is 463 g/mol. The van der Waals surface area contributed by atoms with Gasteiger partial charge in [-0.2, -0.15) is 0 Å². The Balaban J connectivity index is 1.64. The molecule has 0 bridgehead atoms. The zero-order chi connectivity index (χ0) is 22.2. The van der Waals surface area contributed by atoms with Gasteiger partial charge in [-0.05, 0) is 43.0 Å². The number of anilines is 1. The Hall–Kier alpha value is -2.59. The highest BCUT2D eigenvalue weighted by Gasteiger charge is 2.38. The van der Waals surface area contributed by atoms with E-state index in [0.717, 1.165) is 0 Å². The molecule has 1 aromatic heterocycles. The SMILES string of the molecule is Nc1cnc(-c2ccc(C3CC=CC=C3S(=O)(=O)C3CCS(=O)(=O)CC3)cc2F)cn1. The predicted octanol–water partition coefficient (Wildman–Crippen LogP) is 2.78. The Morgan fingerprint density at radius 2 is 1.84 bits per heavy atom. The second kappa shape index (κ2) is 8.16. The van der Waals surface area contributed by atoms with Crippen molar-refractivity contribution in [2.45, 2.75) is 30.4 Å². The first kappa shape index (κ1) is 21.6. The van der Waals surface area contributed by atoms with E-state index in [1.165, 1.54) is 18.5 Å². The molecule has 1 saturated heterocycles. The van der Waals surface area contributed by atoms with E-state index in [1.54, 1.807) is 24.3 Å². The minimum Gasteiger partial charge on any atom is -0.382 e. The topological polar surface area (TPSA) is 120 Å². The van der Waals surface area contributed by atoms with Crippen LogP contribution in [-0.4, -0.2) is 43.6 Å². The fourth-order valence-electron chi connectivity index (χ4n) is 4.01. The Kier molecular flexibility index (Phi) is 5.69. The molecule has 2 heterocycles. The number of hydrogen-bond donors (Lipinski definition) is 1. The van der Waals surface area contributed by atoms with Crippen LogP contribution < -0.4 is 5.73 Å². The number of halogens is 1. The molecule has 1 atom stereocenters. The molecule has 0 spiro atoms. The summed E-state index contributed by atoms with van der Waals surface area (Å²) in [7, 11) is -6.90. The van der Waals surface area contributed by atoms with E-state index >= 15 is 0 Å². The smallest absolute Gasteiger partial charge is 0.178 e. The molecule has 1 fully saturated rings. The molecule has 4 rings (SSSR count). The van der Waals surface area contributed by atoms with Gasteiger partial charge in [0.1, 0.15) is 21.5 Å². The molecule has 0 saturated carbocycles. The van der Waals surface area contributed by atoms with Crippen LogP contribution in [0.2, 0.25) is 0 Å². The number of benzene rings is 1. The minimum absolute atomic E-state index is 0.0849. The first-order valence-corrected chi connectivity index (χ1v) is 13.2. The minimum atomic E-state index is -3.73. The molecule has 1 aliphatic heterocycles. The van der Waals surface area contributed by atoms with Gasteiger partial charge in [-0.25, -0.2) is 26.2 Å². The van der Waals surface area contributed by atoms with Gasteiger partial charge in [0.25, 0.3) is 0 Å². The van der Waals surface area contributed by atoms with Gasteiger partial charge in [-0.1, -0.05) is 18.2 Å². The number of rotatable bonds is 4. The van der Waals surface area contributed by atoms with Crippen LogP contribution in [0.5, 0.6) is 0 Å². The van der Waals surface area contributed by atoms with E-state index in [-0.39, 0.29) is 40.6 Å². The van der Waals surface area contributed by atoms with Gasteiger partial charge < -0.3 is 5.73 Å². The van der Waals surface area contributed by atoms with Crippen molar-refractivity contribution in [2.75, 3.05) is 17.2 Å². The van der Waals surface area contributed by atoms with Crippen molar-refractivity contribution in [1.82, 2.24) is 9.97 Å². The Morgan fingerprint density at radius 3 is 2.48 bits per heavy atom. The van der Waals surface area contributed by atoms with Gasteiger partial charge in [0.05, 0.1) is 39.7 Å². The third-order valence-corrected chi connectivity index (χ3v) is 9.87. The fourth-order valence-corrected chi connectivity index (χ4v) is 7.94. The molecule has 0 radical (unpaired) electrons. The van der Waals surface area contributed by atoms with Crippen LogP contribution in [0.25, 0.3) is 11.3 Å². The van der Waals surface area contributed by atoms with Crippen LogP contribution in [0.15, 0.2) is 53.7 Å². The highest BCUT2D eigenvalue weighted by molar-refractivity contribution is 7.96. The molecular weight excluding hydrogens is 441 g/mol. The van der Waals surface area contributed by atoms with Gasteiger partial charge in [-0.15, -0.1) is 0 Å². The average molecular weight is 464 g/mol. The van der Waals surface area contributed by atoms with E-state index in [9.17, 15) is 21.2 Å². The molecule has 31 heavy (non-hydrogen) atoms. The lowest BCUT2D eigenvalue weighted by molar-refractivity contribution is 0.553. The van der Waals surface area contributed by atoms with Crippen molar-refractivity contribution >= 4 is 25.5 Å². The van der Waals surface area contributed by atoms with Crippen LogP contribution in [0.4, 0.5) is 10.2 Å². The lowest BCUT2D eigenvalue weighted by Crippen LogP contribution is -2.34. The maximum absolute atomic E-state index is 14.9. The van der Waals surface area contributed by atoms with E-state index < -0.39 is 36.7 Å². The Bertz CT molecular complexity index is 1260. The highest BCUT2D eigenvalue weighted by Crippen LogP contribution is 2.39. The standard InChI is InChI=1S/C21H22FN3O4S2/c22-18-11-14(5-6-17(18)19-12-25-21(23)13-24-19)16-3-1-2-4-20(16)31(28,29)15-7-9-30(26,27)10-8-15/h1-2,4-6,11-13,15-16H,3,7-10H2,(H2,23,25). The third-order valence-electron chi connectivity index (χ3n) is 5.72. The molecule has 10 heteroatoms. The molecule has 2 aliphatic rings. The van der Waals surface area contributed by atoms with E-state index in [1.807, 2.05) is 6.08 Å². The summed E-state index contributed by atoms with van der Waals surface area (Å²) < 4.78 is 65.0. The number of allylic oxidation sites excluding steroid dienone is 4. The van der Waals surface area contributed by atoms with Crippen LogP contribution in [0.3, 0.4) is 0 Å². The lowest BCUT2D eigenvalue weighted by atomic mass is 9.91. The summed E-state index contributed by atoms with van der Waals surface area (Å²) in [6.07, 6.45) is 8.36. The van der Waals surface area contributed by atoms with E-state index in [0.29, 0.717) is 17.7 Å². The van der Waals surface area contributed by atoms with Crippen LogP contribution in [0.1, 0.15) is 30.7 Å². The number of nitrogens with zero attached hydrogens (tertiary/aromatic N) is 2. The quantitative estimate of drug-likeness (QED) is 0.740. The molecule has 2 N–H and O–H groups in total. The number of hydrogen-bond acceptors (Lipinski definition) is 7. The van der Waals surface area contributed by atoms with Gasteiger partial charge in [0, 0.05) is 11.5 Å². The molecule has 1 unspecified atom stereocenters. The van der Waals surface area contributed by atoms with Gasteiger partial charge in [0.2, 0.25) is 0 Å². The van der Waals surface area contributed by atoms with Crippen molar-refractivity contribution in [3.63, 3.8) is 0 Å². The molecule has 164 valence electrons. The first-order chi connectivity index (χ1) is 14.7. The largest absolute Gasteiger partial charge is 0.382 e. The molecule has 0 amide bonds. The number of aromatic nitrogens is 2. The first-order valence-electron chi connectivity index (χ1n) is 9.86. The van der Waals surface area contributed by atoms with E-state index in [2.05, 4.69) is 9.97 Å². The van der Waals surface area contributed by atoms with Crippen molar-refractivity contribution in [3.8, 4) is 11.3 Å². The predicted molar refractivity (Wildman–Crippen MR) is 117 cm³/mol. The maximum atomic E-state index is 14.9. The molecule has 1 aromatic carbocycles. The third kappa shape index (κ3) is 4.40. The summed E-state index contributed by atoms with van der Waals surface area (Å²) in [5, 5.41) is -0.745. The molecule has 1 aliphatic carbocycles.